The number of rotatable bonds is 9. The molecule has 0 bridgehead atoms. The van der Waals surface area contributed by atoms with Crippen molar-refractivity contribution in [3.8, 4) is 11.5 Å². The largest absolute Gasteiger partial charge is 0.497 e. The molecule has 0 N–H and O–H groups in total. The number of nitrogens with zero attached hydrogens (tertiary/aromatic N) is 2. The summed E-state index contributed by atoms with van der Waals surface area (Å²) in [5.41, 5.74) is 2.69. The predicted molar refractivity (Wildman–Crippen MR) is 145 cm³/mol. The van der Waals surface area contributed by atoms with E-state index in [0.29, 0.717) is 37.1 Å². The van der Waals surface area contributed by atoms with Gasteiger partial charge in [-0.25, -0.2) is 4.79 Å². The van der Waals surface area contributed by atoms with E-state index in [0.717, 1.165) is 24.8 Å². The third-order valence-electron chi connectivity index (χ3n) is 6.52. The summed E-state index contributed by atoms with van der Waals surface area (Å²) in [6.07, 6.45) is 2.45. The Labute approximate surface area is 221 Å². The van der Waals surface area contributed by atoms with Crippen LogP contribution in [-0.2, 0) is 22.5 Å². The first-order valence-corrected chi connectivity index (χ1v) is 13.3. The fourth-order valence-electron chi connectivity index (χ4n) is 4.61. The smallest absolute Gasteiger partial charge is 0.411 e. The van der Waals surface area contributed by atoms with Gasteiger partial charge < -0.3 is 19.1 Å². The molecule has 1 aliphatic heterocycles. The molecule has 2 aromatic carbocycles. The van der Waals surface area contributed by atoms with E-state index in [9.17, 15) is 9.59 Å². The van der Waals surface area contributed by atoms with E-state index >= 15 is 0 Å². The van der Waals surface area contributed by atoms with Crippen LogP contribution < -0.4 is 9.47 Å². The number of amides is 2. The van der Waals surface area contributed by atoms with E-state index in [1.165, 1.54) is 16.0 Å². The maximum Gasteiger partial charge on any atom is 0.411 e. The van der Waals surface area contributed by atoms with Gasteiger partial charge in [0.1, 0.15) is 23.6 Å². The van der Waals surface area contributed by atoms with Gasteiger partial charge in [0.15, 0.2) is 0 Å². The molecule has 1 unspecified atom stereocenters. The van der Waals surface area contributed by atoms with Crippen molar-refractivity contribution in [2.45, 2.75) is 71.9 Å². The van der Waals surface area contributed by atoms with Crippen LogP contribution in [0.2, 0.25) is 0 Å². The van der Waals surface area contributed by atoms with Gasteiger partial charge in [-0.05, 0) is 70.2 Å². The van der Waals surface area contributed by atoms with Crippen molar-refractivity contribution < 1.29 is 23.8 Å². The van der Waals surface area contributed by atoms with E-state index in [2.05, 4.69) is 31.2 Å². The van der Waals surface area contributed by atoms with Crippen molar-refractivity contribution in [2.24, 2.45) is 0 Å². The number of carbonyl (C=O) groups excluding carboxylic acids is 2. The van der Waals surface area contributed by atoms with Gasteiger partial charge in [0.05, 0.1) is 20.3 Å². The fourth-order valence-corrected chi connectivity index (χ4v) is 4.61. The number of carbonyl (C=O) groups is 2. The standard InChI is InChI=1S/C30H42N2O5/c1-7-22-11-9-12-23(17-22)24-13-10-16-31(19-24)28(33)21-32(29(34)37-30(3,4)5)20-25-14-15-26(35-6)18-27(25)36-8-2/h9,11-12,14-15,17-18,24H,7-8,10,13,16,19-21H2,1-6H3. The molecule has 1 heterocycles. The Hall–Kier alpha value is -3.22. The van der Waals surface area contributed by atoms with Crippen LogP contribution in [0.1, 0.15) is 70.1 Å². The third-order valence-corrected chi connectivity index (χ3v) is 6.52. The normalized spacial score (nSPS) is 15.7. The van der Waals surface area contributed by atoms with E-state index in [-0.39, 0.29) is 19.0 Å². The molecule has 0 aromatic heterocycles. The summed E-state index contributed by atoms with van der Waals surface area (Å²) in [5.74, 6) is 1.51. The van der Waals surface area contributed by atoms with Gasteiger partial charge in [-0.15, -0.1) is 0 Å². The van der Waals surface area contributed by atoms with Crippen molar-refractivity contribution in [1.82, 2.24) is 9.80 Å². The summed E-state index contributed by atoms with van der Waals surface area (Å²) >= 11 is 0. The average molecular weight is 511 g/mol. The second-order valence-corrected chi connectivity index (χ2v) is 10.5. The zero-order chi connectivity index (χ0) is 27.0. The lowest BCUT2D eigenvalue weighted by molar-refractivity contribution is -0.133. The minimum atomic E-state index is -0.679. The SMILES string of the molecule is CCOc1cc(OC)ccc1CN(CC(=O)N1CCCC(c2cccc(CC)c2)C1)C(=O)OC(C)(C)C. The van der Waals surface area contributed by atoms with Gasteiger partial charge in [-0.2, -0.15) is 0 Å². The zero-order valence-corrected chi connectivity index (χ0v) is 23.2. The Kier molecular flexibility index (Phi) is 9.84. The number of ether oxygens (including phenoxy) is 3. The minimum Gasteiger partial charge on any atom is -0.497 e. The molecule has 2 amide bonds. The molecule has 37 heavy (non-hydrogen) atoms. The van der Waals surface area contributed by atoms with Crippen LogP contribution in [0.3, 0.4) is 0 Å². The molecule has 0 radical (unpaired) electrons. The van der Waals surface area contributed by atoms with Crippen molar-refractivity contribution in [2.75, 3.05) is 33.4 Å². The summed E-state index contributed by atoms with van der Waals surface area (Å²) in [5, 5.41) is 0. The molecular formula is C30H42N2O5. The molecule has 0 aliphatic carbocycles. The topological polar surface area (TPSA) is 68.3 Å². The van der Waals surface area contributed by atoms with Gasteiger partial charge >= 0.3 is 6.09 Å². The molecule has 0 saturated carbocycles. The van der Waals surface area contributed by atoms with Crippen molar-refractivity contribution >= 4 is 12.0 Å². The first kappa shape index (κ1) is 28.4. The third kappa shape index (κ3) is 8.14. The molecule has 1 saturated heterocycles. The van der Waals surface area contributed by atoms with Crippen molar-refractivity contribution in [3.63, 3.8) is 0 Å². The number of piperidine rings is 1. The Balaban J connectivity index is 1.79. The first-order valence-electron chi connectivity index (χ1n) is 13.3. The quantitative estimate of drug-likeness (QED) is 0.427. The number of benzene rings is 2. The van der Waals surface area contributed by atoms with Gasteiger partial charge in [-0.3, -0.25) is 9.69 Å². The maximum atomic E-state index is 13.5. The van der Waals surface area contributed by atoms with Gasteiger partial charge in [-0.1, -0.05) is 31.2 Å². The Bertz CT molecular complexity index is 1060. The van der Waals surface area contributed by atoms with Crippen LogP contribution in [-0.4, -0.2) is 60.8 Å². The number of hydrogen-bond acceptors (Lipinski definition) is 5. The molecule has 0 spiro atoms. The highest BCUT2D eigenvalue weighted by Gasteiger charge is 2.30. The summed E-state index contributed by atoms with van der Waals surface area (Å²) in [6.45, 7) is 11.5. The minimum absolute atomic E-state index is 0.0613. The number of hydrogen-bond donors (Lipinski definition) is 0. The number of likely N-dealkylation sites (tertiary alicyclic amines) is 1. The van der Waals surface area contributed by atoms with Gasteiger partial charge in [0.2, 0.25) is 5.91 Å². The van der Waals surface area contributed by atoms with Crippen LogP contribution in [0.15, 0.2) is 42.5 Å². The number of methoxy groups -OCH3 is 1. The molecule has 2 aromatic rings. The molecule has 3 rings (SSSR count). The lowest BCUT2D eigenvalue weighted by Gasteiger charge is -2.35. The predicted octanol–water partition coefficient (Wildman–Crippen LogP) is 5.80. The lowest BCUT2D eigenvalue weighted by Crippen LogP contribution is -2.47. The van der Waals surface area contributed by atoms with E-state index in [4.69, 9.17) is 14.2 Å². The molecule has 1 fully saturated rings. The molecule has 1 atom stereocenters. The molecule has 7 nitrogen and oxygen atoms in total. The second-order valence-electron chi connectivity index (χ2n) is 10.5. The van der Waals surface area contributed by atoms with Crippen LogP contribution >= 0.6 is 0 Å². The van der Waals surface area contributed by atoms with Gasteiger partial charge in [0.25, 0.3) is 0 Å². The second kappa shape index (κ2) is 12.8. The van der Waals surface area contributed by atoms with Crippen LogP contribution in [0.5, 0.6) is 11.5 Å². The van der Waals surface area contributed by atoms with Crippen molar-refractivity contribution in [1.29, 1.82) is 0 Å². The van der Waals surface area contributed by atoms with Crippen LogP contribution in [0, 0.1) is 0 Å². The summed E-state index contributed by atoms with van der Waals surface area (Å²) in [4.78, 5) is 30.1. The highest BCUT2D eigenvalue weighted by Crippen LogP contribution is 2.29. The van der Waals surface area contributed by atoms with Gasteiger partial charge in [0, 0.05) is 30.6 Å². The summed E-state index contributed by atoms with van der Waals surface area (Å²) < 4.78 is 16.8. The first-order chi connectivity index (χ1) is 17.6. The molecular weight excluding hydrogens is 468 g/mol. The summed E-state index contributed by atoms with van der Waals surface area (Å²) in [7, 11) is 1.60. The number of aryl methyl sites for hydroxylation is 1. The molecule has 1 aliphatic rings. The highest BCUT2D eigenvalue weighted by atomic mass is 16.6. The average Bonchev–Trinajstić information content (AvgIpc) is 2.88. The zero-order valence-electron chi connectivity index (χ0n) is 23.2. The maximum absolute atomic E-state index is 13.5. The van der Waals surface area contributed by atoms with E-state index < -0.39 is 11.7 Å². The van der Waals surface area contributed by atoms with Crippen molar-refractivity contribution in [3.05, 3.63) is 59.2 Å². The Morgan fingerprint density at radius 1 is 1.11 bits per heavy atom. The molecule has 7 heteroatoms. The highest BCUT2D eigenvalue weighted by molar-refractivity contribution is 5.82. The lowest BCUT2D eigenvalue weighted by atomic mass is 9.89. The Morgan fingerprint density at radius 3 is 2.57 bits per heavy atom. The monoisotopic (exact) mass is 510 g/mol. The summed E-state index contributed by atoms with van der Waals surface area (Å²) in [6, 6.07) is 14.1. The Morgan fingerprint density at radius 2 is 1.89 bits per heavy atom. The van der Waals surface area contributed by atoms with Crippen LogP contribution in [0.4, 0.5) is 4.79 Å². The molecule has 202 valence electrons. The van der Waals surface area contributed by atoms with Crippen LogP contribution in [0.25, 0.3) is 0 Å². The van der Waals surface area contributed by atoms with E-state index in [1.807, 2.05) is 44.7 Å². The van der Waals surface area contributed by atoms with E-state index in [1.54, 1.807) is 13.2 Å². The fraction of sp³-hybridized carbons (Fsp3) is 0.533.